The molecule has 1 aromatic rings. The molecular formula is C12H17N3O2S2. The lowest BCUT2D eigenvalue weighted by Gasteiger charge is -2.22. The Hall–Kier alpha value is -1.05. The minimum absolute atomic E-state index is 0.00594. The fraction of sp³-hybridized carbons (Fsp3) is 0.500. The molecule has 0 unspecified atom stereocenters. The third-order valence-corrected chi connectivity index (χ3v) is 5.17. The maximum atomic E-state index is 12.7. The first-order chi connectivity index (χ1) is 8.98. The monoisotopic (exact) mass is 299 g/mol. The number of hydrogen-bond donors (Lipinski definition) is 1. The van der Waals surface area contributed by atoms with E-state index in [9.17, 15) is 8.42 Å². The maximum absolute atomic E-state index is 12.7. The number of pyridine rings is 1. The van der Waals surface area contributed by atoms with Gasteiger partial charge in [0.25, 0.3) is 0 Å². The number of nitrogens with zero attached hydrogens (tertiary/aromatic N) is 2. The quantitative estimate of drug-likeness (QED) is 0.801. The molecule has 104 valence electrons. The second-order valence-corrected chi connectivity index (χ2v) is 6.86. The summed E-state index contributed by atoms with van der Waals surface area (Å²) in [5, 5.41) is 0. The molecule has 0 aromatic carbocycles. The molecule has 5 nitrogen and oxygen atoms in total. The summed E-state index contributed by atoms with van der Waals surface area (Å²) in [6.07, 6.45) is 4.11. The first-order valence-corrected chi connectivity index (χ1v) is 8.10. The molecule has 2 N–H and O–H groups in total. The van der Waals surface area contributed by atoms with Gasteiger partial charge in [-0.15, -0.1) is 0 Å². The van der Waals surface area contributed by atoms with Crippen molar-refractivity contribution in [3.05, 3.63) is 24.0 Å². The van der Waals surface area contributed by atoms with Gasteiger partial charge in [-0.05, 0) is 31.4 Å². The fourth-order valence-electron chi connectivity index (χ4n) is 1.99. The molecule has 0 spiro atoms. The second-order valence-electron chi connectivity index (χ2n) is 4.56. The van der Waals surface area contributed by atoms with E-state index in [1.165, 1.54) is 12.3 Å². The Morgan fingerprint density at radius 1 is 1.58 bits per heavy atom. The Bertz CT molecular complexity index is 582. The molecule has 1 fully saturated rings. The lowest BCUT2D eigenvalue weighted by molar-refractivity contribution is 0.403. The van der Waals surface area contributed by atoms with Crippen LogP contribution in [0.2, 0.25) is 0 Å². The maximum Gasteiger partial charge on any atom is 0.245 e. The van der Waals surface area contributed by atoms with Crippen molar-refractivity contribution < 1.29 is 8.42 Å². The van der Waals surface area contributed by atoms with E-state index in [0.717, 1.165) is 19.3 Å². The summed E-state index contributed by atoms with van der Waals surface area (Å²) in [6, 6.07) is 3.22. The highest BCUT2D eigenvalue weighted by atomic mass is 32.2. The van der Waals surface area contributed by atoms with Gasteiger partial charge in [0.1, 0.15) is 15.6 Å². The second kappa shape index (κ2) is 5.52. The third-order valence-electron chi connectivity index (χ3n) is 2.99. The van der Waals surface area contributed by atoms with Crippen molar-refractivity contribution in [1.82, 2.24) is 9.29 Å². The lowest BCUT2D eigenvalue weighted by atomic mass is 10.3. The van der Waals surface area contributed by atoms with Gasteiger partial charge in [0, 0.05) is 18.8 Å². The van der Waals surface area contributed by atoms with Gasteiger partial charge in [-0.25, -0.2) is 8.42 Å². The van der Waals surface area contributed by atoms with Crippen LogP contribution in [0.25, 0.3) is 0 Å². The number of aromatic nitrogens is 1. The van der Waals surface area contributed by atoms with Crippen molar-refractivity contribution in [3.63, 3.8) is 0 Å². The van der Waals surface area contributed by atoms with Crippen molar-refractivity contribution in [3.8, 4) is 0 Å². The molecule has 0 amide bonds. The summed E-state index contributed by atoms with van der Waals surface area (Å²) in [5.41, 5.74) is 5.74. The Balaban J connectivity index is 2.46. The molecule has 1 saturated carbocycles. The Morgan fingerprint density at radius 3 is 2.79 bits per heavy atom. The minimum Gasteiger partial charge on any atom is -0.388 e. The van der Waals surface area contributed by atoms with E-state index >= 15 is 0 Å². The van der Waals surface area contributed by atoms with Gasteiger partial charge >= 0.3 is 0 Å². The van der Waals surface area contributed by atoms with E-state index in [2.05, 4.69) is 4.98 Å². The third kappa shape index (κ3) is 2.93. The smallest absolute Gasteiger partial charge is 0.245 e. The predicted molar refractivity (Wildman–Crippen MR) is 77.3 cm³/mol. The van der Waals surface area contributed by atoms with Gasteiger partial charge < -0.3 is 5.73 Å². The highest BCUT2D eigenvalue weighted by Crippen LogP contribution is 2.32. The van der Waals surface area contributed by atoms with E-state index in [1.54, 1.807) is 10.4 Å². The van der Waals surface area contributed by atoms with Gasteiger partial charge in [-0.1, -0.05) is 19.1 Å². The van der Waals surface area contributed by atoms with Crippen LogP contribution in [0, 0.1) is 0 Å². The summed E-state index contributed by atoms with van der Waals surface area (Å²) in [7, 11) is -3.57. The molecule has 0 bridgehead atoms. The molecule has 0 saturated heterocycles. The highest BCUT2D eigenvalue weighted by Gasteiger charge is 2.38. The van der Waals surface area contributed by atoms with Crippen LogP contribution in [0.5, 0.6) is 0 Å². The zero-order valence-corrected chi connectivity index (χ0v) is 12.4. The summed E-state index contributed by atoms with van der Waals surface area (Å²) >= 11 is 4.88. The molecule has 1 heterocycles. The van der Waals surface area contributed by atoms with Gasteiger partial charge in [0.05, 0.1) is 0 Å². The topological polar surface area (TPSA) is 76.3 Å². The summed E-state index contributed by atoms with van der Waals surface area (Å²) in [5.74, 6) is 0. The standard InChI is InChI=1S/C12H17N3O2S2/c1-2-8-15(9-5-6-9)19(16,17)10-4-3-7-14-11(10)12(13)18/h3-4,7,9H,2,5-6,8H2,1H3,(H2,13,18). The predicted octanol–water partition coefficient (Wildman–Crippen LogP) is 1.28. The van der Waals surface area contributed by atoms with Gasteiger partial charge in [-0.3, -0.25) is 4.98 Å². The SMILES string of the molecule is CCCN(C1CC1)S(=O)(=O)c1cccnc1C(N)=S. The molecule has 1 aliphatic rings. The van der Waals surface area contributed by atoms with Crippen LogP contribution in [-0.4, -0.2) is 35.3 Å². The molecule has 7 heteroatoms. The summed E-state index contributed by atoms with van der Waals surface area (Å²) in [6.45, 7) is 2.47. The Morgan fingerprint density at radius 2 is 2.26 bits per heavy atom. The van der Waals surface area contributed by atoms with E-state index in [0.29, 0.717) is 6.54 Å². The summed E-state index contributed by atoms with van der Waals surface area (Å²) in [4.78, 5) is 4.11. The average Bonchev–Trinajstić information content (AvgIpc) is 3.20. The van der Waals surface area contributed by atoms with Crippen LogP contribution in [-0.2, 0) is 10.0 Å². The molecule has 0 atom stereocenters. The zero-order valence-electron chi connectivity index (χ0n) is 10.7. The molecule has 1 aliphatic carbocycles. The Labute approximate surface area is 118 Å². The van der Waals surface area contributed by atoms with E-state index in [1.807, 2.05) is 6.92 Å². The highest BCUT2D eigenvalue weighted by molar-refractivity contribution is 7.89. The van der Waals surface area contributed by atoms with Crippen LogP contribution >= 0.6 is 12.2 Å². The summed E-state index contributed by atoms with van der Waals surface area (Å²) < 4.78 is 26.9. The first kappa shape index (κ1) is 14.4. The van der Waals surface area contributed by atoms with E-state index in [-0.39, 0.29) is 21.6 Å². The molecule has 0 radical (unpaired) electrons. The van der Waals surface area contributed by atoms with Crippen molar-refractivity contribution in [1.29, 1.82) is 0 Å². The fourth-order valence-corrected chi connectivity index (χ4v) is 4.16. The van der Waals surface area contributed by atoms with Crippen LogP contribution in [0.4, 0.5) is 0 Å². The van der Waals surface area contributed by atoms with Crippen molar-refractivity contribution in [2.75, 3.05) is 6.54 Å². The van der Waals surface area contributed by atoms with Crippen LogP contribution in [0.1, 0.15) is 31.9 Å². The number of hydrogen-bond acceptors (Lipinski definition) is 4. The van der Waals surface area contributed by atoms with Gasteiger partial charge in [0.2, 0.25) is 10.0 Å². The molecule has 1 aromatic heterocycles. The average molecular weight is 299 g/mol. The Kier molecular flexibility index (Phi) is 4.17. The van der Waals surface area contributed by atoms with Crippen LogP contribution in [0.3, 0.4) is 0 Å². The molecule has 2 rings (SSSR count). The number of sulfonamides is 1. The van der Waals surface area contributed by atoms with Crippen molar-refractivity contribution in [2.45, 2.75) is 37.1 Å². The minimum atomic E-state index is -3.57. The largest absolute Gasteiger partial charge is 0.388 e. The van der Waals surface area contributed by atoms with Crippen molar-refractivity contribution >= 4 is 27.2 Å². The number of nitrogens with two attached hydrogens (primary N) is 1. The van der Waals surface area contributed by atoms with Gasteiger partial charge in [0.15, 0.2) is 0 Å². The number of rotatable bonds is 6. The first-order valence-electron chi connectivity index (χ1n) is 6.25. The van der Waals surface area contributed by atoms with Crippen LogP contribution < -0.4 is 5.73 Å². The van der Waals surface area contributed by atoms with Crippen LogP contribution in [0.15, 0.2) is 23.2 Å². The molecular weight excluding hydrogens is 282 g/mol. The van der Waals surface area contributed by atoms with E-state index in [4.69, 9.17) is 18.0 Å². The lowest BCUT2D eigenvalue weighted by Crippen LogP contribution is -2.35. The molecule has 19 heavy (non-hydrogen) atoms. The normalized spacial score (nSPS) is 15.7. The molecule has 0 aliphatic heterocycles. The van der Waals surface area contributed by atoms with E-state index < -0.39 is 10.0 Å². The number of thiocarbonyl (C=S) groups is 1. The van der Waals surface area contributed by atoms with Crippen molar-refractivity contribution in [2.24, 2.45) is 5.73 Å². The zero-order chi connectivity index (χ0) is 14.0. The van der Waals surface area contributed by atoms with Gasteiger partial charge in [-0.2, -0.15) is 4.31 Å².